The zero-order chi connectivity index (χ0) is 13.0. The second-order valence-electron chi connectivity index (χ2n) is 4.30. The van der Waals surface area contributed by atoms with E-state index in [0.717, 1.165) is 24.3 Å². The second-order valence-corrected chi connectivity index (χ2v) is 5.36. The molecule has 2 atom stereocenters. The molecule has 3 N–H and O–H groups in total. The van der Waals surface area contributed by atoms with Crippen LogP contribution in [0.2, 0.25) is 0 Å². The fourth-order valence-corrected chi connectivity index (χ4v) is 2.72. The third kappa shape index (κ3) is 4.38. The standard InChI is InChI=1S/C11H18N4O2S.ClH/c1-2-3-9-14-15-11(18-9)13-10(16)8-5-4-7(6-12)17-8;/h7-8H,2-6,12H2,1H3,(H,13,15,16);1H/t7-,8+;/m1./s1. The highest BCUT2D eigenvalue weighted by Crippen LogP contribution is 2.22. The van der Waals surface area contributed by atoms with Crippen molar-refractivity contribution < 1.29 is 9.53 Å². The van der Waals surface area contributed by atoms with Crippen LogP contribution in [0, 0.1) is 0 Å². The molecule has 0 unspecified atom stereocenters. The molecule has 2 heterocycles. The van der Waals surface area contributed by atoms with Crippen molar-refractivity contribution in [3.63, 3.8) is 0 Å². The minimum atomic E-state index is -0.405. The SMILES string of the molecule is CCCc1nnc(NC(=O)[C@@H]2CC[C@H](CN)O2)s1.Cl. The molecular weight excluding hydrogens is 288 g/mol. The molecule has 0 aliphatic carbocycles. The van der Waals surface area contributed by atoms with Crippen molar-refractivity contribution in [1.29, 1.82) is 0 Å². The molecule has 1 saturated heterocycles. The van der Waals surface area contributed by atoms with Gasteiger partial charge in [0.05, 0.1) is 6.10 Å². The Kier molecular flexibility index (Phi) is 6.64. The van der Waals surface area contributed by atoms with Crippen molar-refractivity contribution in [2.24, 2.45) is 5.73 Å². The monoisotopic (exact) mass is 306 g/mol. The van der Waals surface area contributed by atoms with E-state index in [-0.39, 0.29) is 24.4 Å². The summed E-state index contributed by atoms with van der Waals surface area (Å²) in [6.07, 6.45) is 3.07. The Morgan fingerprint density at radius 3 is 2.95 bits per heavy atom. The highest BCUT2D eigenvalue weighted by atomic mass is 35.5. The fraction of sp³-hybridized carbons (Fsp3) is 0.727. The summed E-state index contributed by atoms with van der Waals surface area (Å²) >= 11 is 1.42. The van der Waals surface area contributed by atoms with Crippen molar-refractivity contribution in [3.05, 3.63) is 5.01 Å². The first-order chi connectivity index (χ1) is 8.72. The molecule has 6 nitrogen and oxygen atoms in total. The number of carbonyl (C=O) groups is 1. The molecule has 19 heavy (non-hydrogen) atoms. The number of halogens is 1. The predicted octanol–water partition coefficient (Wildman–Crippen LogP) is 1.36. The highest BCUT2D eigenvalue weighted by molar-refractivity contribution is 7.15. The van der Waals surface area contributed by atoms with Gasteiger partial charge in [0.15, 0.2) is 0 Å². The van der Waals surface area contributed by atoms with Crippen molar-refractivity contribution in [3.8, 4) is 0 Å². The van der Waals surface area contributed by atoms with Gasteiger partial charge in [-0.1, -0.05) is 18.3 Å². The fourth-order valence-electron chi connectivity index (χ4n) is 1.88. The number of anilines is 1. The number of carbonyl (C=O) groups excluding carboxylic acids is 1. The maximum absolute atomic E-state index is 11.9. The van der Waals surface area contributed by atoms with E-state index in [1.54, 1.807) is 0 Å². The van der Waals surface area contributed by atoms with Crippen LogP contribution in [0.4, 0.5) is 5.13 Å². The molecule has 1 aliphatic rings. The van der Waals surface area contributed by atoms with E-state index in [0.29, 0.717) is 18.1 Å². The van der Waals surface area contributed by atoms with Crippen molar-refractivity contribution in [2.45, 2.75) is 44.8 Å². The molecule has 108 valence electrons. The van der Waals surface area contributed by atoms with Gasteiger partial charge >= 0.3 is 0 Å². The van der Waals surface area contributed by atoms with E-state index in [2.05, 4.69) is 22.4 Å². The van der Waals surface area contributed by atoms with Crippen LogP contribution < -0.4 is 11.1 Å². The number of rotatable bonds is 5. The lowest BCUT2D eigenvalue weighted by molar-refractivity contribution is -0.126. The number of nitrogens with two attached hydrogens (primary N) is 1. The Morgan fingerprint density at radius 2 is 2.32 bits per heavy atom. The van der Waals surface area contributed by atoms with Gasteiger partial charge in [0.1, 0.15) is 11.1 Å². The smallest absolute Gasteiger partial charge is 0.255 e. The largest absolute Gasteiger partial charge is 0.364 e. The Hall–Kier alpha value is -0.760. The van der Waals surface area contributed by atoms with E-state index in [1.807, 2.05) is 0 Å². The molecule has 0 bridgehead atoms. The summed E-state index contributed by atoms with van der Waals surface area (Å²) in [7, 11) is 0. The molecular formula is C11H19ClN4O2S. The normalized spacial score (nSPS) is 22.0. The third-order valence-electron chi connectivity index (χ3n) is 2.82. The highest BCUT2D eigenvalue weighted by Gasteiger charge is 2.30. The van der Waals surface area contributed by atoms with Gasteiger partial charge in [0, 0.05) is 13.0 Å². The summed E-state index contributed by atoms with van der Waals surface area (Å²) in [5.74, 6) is -0.148. The summed E-state index contributed by atoms with van der Waals surface area (Å²) in [6, 6.07) is 0. The van der Waals surface area contributed by atoms with Crippen molar-refractivity contribution in [1.82, 2.24) is 10.2 Å². The van der Waals surface area contributed by atoms with Crippen LogP contribution in [0.1, 0.15) is 31.2 Å². The number of ether oxygens (including phenoxy) is 1. The van der Waals surface area contributed by atoms with Crippen molar-refractivity contribution in [2.75, 3.05) is 11.9 Å². The van der Waals surface area contributed by atoms with Gasteiger partial charge in [0.2, 0.25) is 5.13 Å². The maximum atomic E-state index is 11.9. The summed E-state index contributed by atoms with van der Waals surface area (Å²) in [6.45, 7) is 2.54. The first-order valence-corrected chi connectivity index (χ1v) is 7.03. The summed E-state index contributed by atoms with van der Waals surface area (Å²) in [5, 5.41) is 12.2. The zero-order valence-corrected chi connectivity index (χ0v) is 12.4. The number of hydrogen-bond donors (Lipinski definition) is 2. The van der Waals surface area contributed by atoms with Crippen LogP contribution in [-0.2, 0) is 16.0 Å². The Morgan fingerprint density at radius 1 is 1.53 bits per heavy atom. The Balaban J connectivity index is 0.00000180. The van der Waals surface area contributed by atoms with Gasteiger partial charge in [-0.2, -0.15) is 0 Å². The van der Waals surface area contributed by atoms with Gasteiger partial charge in [0.25, 0.3) is 5.91 Å². The average Bonchev–Trinajstić information content (AvgIpc) is 2.98. The number of nitrogens with one attached hydrogen (secondary N) is 1. The lowest BCUT2D eigenvalue weighted by Crippen LogP contribution is -2.29. The first kappa shape index (κ1) is 16.3. The number of nitrogens with zero attached hydrogens (tertiary/aromatic N) is 2. The zero-order valence-electron chi connectivity index (χ0n) is 10.8. The van der Waals surface area contributed by atoms with Gasteiger partial charge in [-0.15, -0.1) is 22.6 Å². The molecule has 2 rings (SSSR count). The molecule has 1 aromatic rings. The van der Waals surface area contributed by atoms with Crippen LogP contribution in [0.25, 0.3) is 0 Å². The number of hydrogen-bond acceptors (Lipinski definition) is 6. The lowest BCUT2D eigenvalue weighted by Gasteiger charge is -2.10. The molecule has 0 aromatic carbocycles. The van der Waals surface area contributed by atoms with Crippen LogP contribution in [0.15, 0.2) is 0 Å². The van der Waals surface area contributed by atoms with E-state index in [1.165, 1.54) is 11.3 Å². The summed E-state index contributed by atoms with van der Waals surface area (Å²) in [4.78, 5) is 11.9. The summed E-state index contributed by atoms with van der Waals surface area (Å²) < 4.78 is 5.52. The van der Waals surface area contributed by atoms with E-state index >= 15 is 0 Å². The molecule has 1 aromatic heterocycles. The quantitative estimate of drug-likeness (QED) is 0.857. The Bertz CT molecular complexity index is 415. The summed E-state index contributed by atoms with van der Waals surface area (Å²) in [5.41, 5.74) is 5.51. The van der Waals surface area contributed by atoms with E-state index in [9.17, 15) is 4.79 Å². The van der Waals surface area contributed by atoms with Crippen molar-refractivity contribution >= 4 is 34.8 Å². The topological polar surface area (TPSA) is 90.1 Å². The number of amides is 1. The molecule has 1 aliphatic heterocycles. The number of aromatic nitrogens is 2. The minimum absolute atomic E-state index is 0. The van der Waals surface area contributed by atoms with Gasteiger partial charge in [-0.3, -0.25) is 10.1 Å². The molecule has 1 amide bonds. The molecule has 0 saturated carbocycles. The average molecular weight is 307 g/mol. The second kappa shape index (κ2) is 7.74. The predicted molar refractivity (Wildman–Crippen MR) is 76.7 cm³/mol. The van der Waals surface area contributed by atoms with Gasteiger partial charge in [-0.25, -0.2) is 0 Å². The first-order valence-electron chi connectivity index (χ1n) is 6.21. The Labute approximate surface area is 122 Å². The van der Waals surface area contributed by atoms with Crippen LogP contribution >= 0.6 is 23.7 Å². The molecule has 1 fully saturated rings. The molecule has 0 spiro atoms. The minimum Gasteiger partial charge on any atom is -0.364 e. The maximum Gasteiger partial charge on any atom is 0.255 e. The molecule has 0 radical (unpaired) electrons. The molecule has 8 heteroatoms. The van der Waals surface area contributed by atoms with E-state index < -0.39 is 6.10 Å². The van der Waals surface area contributed by atoms with E-state index in [4.69, 9.17) is 10.5 Å². The van der Waals surface area contributed by atoms with Crippen LogP contribution in [-0.4, -0.2) is 34.9 Å². The van der Waals surface area contributed by atoms with Gasteiger partial charge in [-0.05, 0) is 19.3 Å². The van der Waals surface area contributed by atoms with Gasteiger partial charge < -0.3 is 10.5 Å². The number of aryl methyl sites for hydroxylation is 1. The van der Waals surface area contributed by atoms with Crippen LogP contribution in [0.5, 0.6) is 0 Å². The third-order valence-corrected chi connectivity index (χ3v) is 3.72. The van der Waals surface area contributed by atoms with Crippen LogP contribution in [0.3, 0.4) is 0 Å². The lowest BCUT2D eigenvalue weighted by atomic mass is 10.2.